The fourth-order valence-electron chi connectivity index (χ4n) is 3.42. The number of nitrogens with zero attached hydrogens (tertiary/aromatic N) is 1. The Morgan fingerprint density at radius 3 is 2.28 bits per heavy atom. The number of alkyl halides is 2. The maximum Gasteiger partial charge on any atom is 0.262 e. The summed E-state index contributed by atoms with van der Waals surface area (Å²) in [6.07, 6.45) is -0.346. The largest absolute Gasteiger partial charge is 0.341 e. The smallest absolute Gasteiger partial charge is 0.262 e. The zero-order chi connectivity index (χ0) is 12.4. The van der Waals surface area contributed by atoms with Crippen LogP contribution in [0, 0.1) is 17.3 Å². The van der Waals surface area contributed by atoms with E-state index >= 15 is 0 Å². The van der Waals surface area contributed by atoms with E-state index in [4.69, 9.17) is 0 Å². The predicted molar refractivity (Wildman–Crippen MR) is 65.9 cm³/mol. The van der Waals surface area contributed by atoms with Gasteiger partial charge in [0.05, 0.1) is 12.6 Å². The van der Waals surface area contributed by atoms with Gasteiger partial charge in [0.1, 0.15) is 0 Å². The second-order valence-corrected chi connectivity index (χ2v) is 6.27. The average Bonchev–Trinajstić information content (AvgIpc) is 2.66. The van der Waals surface area contributed by atoms with Gasteiger partial charge < -0.3 is 4.90 Å². The van der Waals surface area contributed by atoms with Crippen molar-refractivity contribution in [1.29, 1.82) is 0 Å². The van der Waals surface area contributed by atoms with Gasteiger partial charge in [-0.15, -0.1) is 12.4 Å². The highest BCUT2D eigenvalue weighted by molar-refractivity contribution is 5.85. The minimum Gasteiger partial charge on any atom is -0.341 e. The van der Waals surface area contributed by atoms with Gasteiger partial charge in [-0.3, -0.25) is 10.1 Å². The van der Waals surface area contributed by atoms with Gasteiger partial charge in [-0.1, -0.05) is 13.8 Å². The van der Waals surface area contributed by atoms with Crippen molar-refractivity contribution in [2.24, 2.45) is 17.3 Å². The molecule has 3 fully saturated rings. The van der Waals surface area contributed by atoms with Crippen LogP contribution in [0.2, 0.25) is 0 Å². The Bertz CT molecular complexity index is 361. The van der Waals surface area contributed by atoms with E-state index in [1.54, 1.807) is 4.90 Å². The first-order chi connectivity index (χ1) is 7.81. The molecule has 3 atom stereocenters. The van der Waals surface area contributed by atoms with Gasteiger partial charge in [-0.05, 0) is 17.3 Å². The Hall–Kier alpha value is -0.420. The number of hydrogen-bond acceptors (Lipinski definition) is 2. The van der Waals surface area contributed by atoms with Crippen LogP contribution in [0.5, 0.6) is 0 Å². The number of carbonyl (C=O) groups is 1. The number of amides is 1. The van der Waals surface area contributed by atoms with Crippen LogP contribution in [-0.4, -0.2) is 42.4 Å². The monoisotopic (exact) mass is 280 g/mol. The molecule has 18 heavy (non-hydrogen) atoms. The second kappa shape index (κ2) is 4.04. The zero-order valence-corrected chi connectivity index (χ0v) is 11.4. The summed E-state index contributed by atoms with van der Waals surface area (Å²) in [4.78, 5) is 13.8. The minimum atomic E-state index is -2.72. The molecular formula is C12H19ClF2N2O. The van der Waals surface area contributed by atoms with E-state index in [0.717, 1.165) is 13.1 Å². The fourth-order valence-corrected chi connectivity index (χ4v) is 3.42. The molecule has 104 valence electrons. The van der Waals surface area contributed by atoms with E-state index in [-0.39, 0.29) is 31.3 Å². The molecule has 2 aliphatic heterocycles. The van der Waals surface area contributed by atoms with Gasteiger partial charge in [-0.2, -0.15) is 0 Å². The quantitative estimate of drug-likeness (QED) is 0.790. The molecule has 1 amide bonds. The van der Waals surface area contributed by atoms with E-state index in [1.165, 1.54) is 0 Å². The van der Waals surface area contributed by atoms with E-state index in [9.17, 15) is 13.6 Å². The number of fused-ring (bicyclic) bond motifs is 1. The maximum absolute atomic E-state index is 13.0. The van der Waals surface area contributed by atoms with Gasteiger partial charge in [0, 0.05) is 19.5 Å². The van der Waals surface area contributed by atoms with Crippen molar-refractivity contribution in [3.05, 3.63) is 0 Å². The van der Waals surface area contributed by atoms with E-state index in [1.807, 2.05) is 0 Å². The average molecular weight is 281 g/mol. The molecule has 0 bridgehead atoms. The molecule has 0 aromatic carbocycles. The van der Waals surface area contributed by atoms with E-state index < -0.39 is 12.0 Å². The third-order valence-electron chi connectivity index (χ3n) is 4.84. The molecule has 0 aromatic heterocycles. The molecule has 3 unspecified atom stereocenters. The molecule has 1 saturated carbocycles. The fraction of sp³-hybridized carbons (Fsp3) is 0.917. The van der Waals surface area contributed by atoms with Crippen molar-refractivity contribution in [1.82, 2.24) is 10.2 Å². The van der Waals surface area contributed by atoms with Gasteiger partial charge in [0.2, 0.25) is 5.91 Å². The lowest BCUT2D eigenvalue weighted by Crippen LogP contribution is -2.44. The maximum atomic E-state index is 13.0. The van der Waals surface area contributed by atoms with Crippen molar-refractivity contribution < 1.29 is 13.6 Å². The molecule has 1 aliphatic carbocycles. The molecule has 2 saturated heterocycles. The highest BCUT2D eigenvalue weighted by Crippen LogP contribution is 2.62. The molecule has 1 N–H and O–H groups in total. The summed E-state index contributed by atoms with van der Waals surface area (Å²) in [6.45, 7) is 5.56. The molecular weight excluding hydrogens is 262 g/mol. The third kappa shape index (κ3) is 2.01. The second-order valence-electron chi connectivity index (χ2n) is 6.27. The SMILES string of the molecule is CC1(C)C2CN(C(=O)C3CC(F)(F)CN3)CC21.Cl. The Kier molecular flexibility index (Phi) is 3.14. The number of piperidine rings is 1. The zero-order valence-electron chi connectivity index (χ0n) is 10.6. The molecule has 0 spiro atoms. The Labute approximate surface area is 112 Å². The first-order valence-corrected chi connectivity index (χ1v) is 6.21. The highest BCUT2D eigenvalue weighted by Gasteiger charge is 2.63. The van der Waals surface area contributed by atoms with Crippen LogP contribution in [0.4, 0.5) is 8.78 Å². The first-order valence-electron chi connectivity index (χ1n) is 6.21. The van der Waals surface area contributed by atoms with Crippen LogP contribution < -0.4 is 5.32 Å². The molecule has 3 aliphatic rings. The van der Waals surface area contributed by atoms with Crippen molar-refractivity contribution >= 4 is 18.3 Å². The normalized spacial score (nSPS) is 39.1. The van der Waals surface area contributed by atoms with Crippen molar-refractivity contribution in [2.45, 2.75) is 32.2 Å². The van der Waals surface area contributed by atoms with Gasteiger partial charge in [0.25, 0.3) is 5.92 Å². The van der Waals surface area contributed by atoms with Crippen molar-refractivity contribution in [3.63, 3.8) is 0 Å². The number of carbonyl (C=O) groups excluding carboxylic acids is 1. The number of rotatable bonds is 1. The number of hydrogen-bond donors (Lipinski definition) is 1. The standard InChI is InChI=1S/C12H18F2N2O.ClH/c1-11(2)7-4-16(5-8(7)11)10(17)9-3-12(13,14)6-15-9;/h7-9,15H,3-6H2,1-2H3;1H. The van der Waals surface area contributed by atoms with Crippen LogP contribution in [0.15, 0.2) is 0 Å². The van der Waals surface area contributed by atoms with Crippen LogP contribution in [0.25, 0.3) is 0 Å². The summed E-state index contributed by atoms with van der Waals surface area (Å²) in [5, 5.41) is 2.63. The lowest BCUT2D eigenvalue weighted by atomic mass is 10.1. The van der Waals surface area contributed by atoms with Gasteiger partial charge in [-0.25, -0.2) is 8.78 Å². The van der Waals surface area contributed by atoms with Crippen molar-refractivity contribution in [2.75, 3.05) is 19.6 Å². The molecule has 3 rings (SSSR count). The van der Waals surface area contributed by atoms with E-state index in [0.29, 0.717) is 17.3 Å². The summed E-state index contributed by atoms with van der Waals surface area (Å²) in [5.74, 6) is -1.70. The van der Waals surface area contributed by atoms with Crippen LogP contribution in [-0.2, 0) is 4.79 Å². The summed E-state index contributed by atoms with van der Waals surface area (Å²) in [6, 6.07) is -0.675. The first kappa shape index (κ1) is 14.0. The minimum absolute atomic E-state index is 0. The van der Waals surface area contributed by atoms with Crippen LogP contribution in [0.1, 0.15) is 20.3 Å². The molecule has 6 heteroatoms. The molecule has 3 nitrogen and oxygen atoms in total. The molecule has 0 radical (unpaired) electrons. The Morgan fingerprint density at radius 2 is 1.83 bits per heavy atom. The summed E-state index contributed by atoms with van der Waals surface area (Å²) in [7, 11) is 0. The molecule has 2 heterocycles. The van der Waals surface area contributed by atoms with Gasteiger partial charge >= 0.3 is 0 Å². The molecule has 0 aromatic rings. The Morgan fingerprint density at radius 1 is 1.28 bits per heavy atom. The number of nitrogens with one attached hydrogen (secondary N) is 1. The topological polar surface area (TPSA) is 32.3 Å². The Balaban J connectivity index is 0.00000120. The van der Waals surface area contributed by atoms with Crippen molar-refractivity contribution in [3.8, 4) is 0 Å². The summed E-state index contributed by atoms with van der Waals surface area (Å²) >= 11 is 0. The number of likely N-dealkylation sites (tertiary alicyclic amines) is 1. The lowest BCUT2D eigenvalue weighted by molar-refractivity contribution is -0.133. The number of halogens is 3. The summed E-state index contributed by atoms with van der Waals surface area (Å²) < 4.78 is 26.0. The third-order valence-corrected chi connectivity index (χ3v) is 4.84. The lowest BCUT2D eigenvalue weighted by Gasteiger charge is -2.24. The highest BCUT2D eigenvalue weighted by atomic mass is 35.5. The van der Waals surface area contributed by atoms with E-state index in [2.05, 4.69) is 19.2 Å². The van der Waals surface area contributed by atoms with Gasteiger partial charge in [0.15, 0.2) is 0 Å². The van der Waals surface area contributed by atoms with Crippen LogP contribution in [0.3, 0.4) is 0 Å². The summed E-state index contributed by atoms with van der Waals surface area (Å²) in [5.41, 5.74) is 0.351. The predicted octanol–water partition coefficient (Wildman–Crippen LogP) is 1.52. The van der Waals surface area contributed by atoms with Crippen LogP contribution >= 0.6 is 12.4 Å².